The Labute approximate surface area is 115 Å². The molecule has 102 valence electrons. The van der Waals surface area contributed by atoms with E-state index in [4.69, 9.17) is 15.9 Å². The highest BCUT2D eigenvalue weighted by atomic mass is 16.5. The van der Waals surface area contributed by atoms with Crippen molar-refractivity contribution in [3.63, 3.8) is 0 Å². The van der Waals surface area contributed by atoms with Crippen molar-refractivity contribution < 1.29 is 9.47 Å². The summed E-state index contributed by atoms with van der Waals surface area (Å²) in [6.45, 7) is 5.06. The molecule has 0 aromatic heterocycles. The summed E-state index contributed by atoms with van der Waals surface area (Å²) in [5.74, 6) is 3.97. The first-order chi connectivity index (χ1) is 9.31. The van der Waals surface area contributed by atoms with Gasteiger partial charge in [-0.2, -0.15) is 0 Å². The second-order valence-electron chi connectivity index (χ2n) is 4.89. The monoisotopic (exact) mass is 259 g/mol. The van der Waals surface area contributed by atoms with E-state index < -0.39 is 0 Å². The highest BCUT2D eigenvalue weighted by molar-refractivity contribution is 5.33. The van der Waals surface area contributed by atoms with Crippen LogP contribution in [0, 0.1) is 18.3 Å². The van der Waals surface area contributed by atoms with Crippen molar-refractivity contribution in [1.82, 2.24) is 5.32 Å². The molecule has 1 aromatic rings. The molecule has 0 amide bonds. The smallest absolute Gasteiger partial charge is 0.148 e. The van der Waals surface area contributed by atoms with E-state index in [1.165, 1.54) is 0 Å². The first-order valence-electron chi connectivity index (χ1n) is 6.76. The quantitative estimate of drug-likeness (QED) is 0.795. The van der Waals surface area contributed by atoms with Crippen molar-refractivity contribution in [2.45, 2.75) is 25.9 Å². The lowest BCUT2D eigenvalue weighted by Gasteiger charge is -2.20. The number of benzene rings is 1. The lowest BCUT2D eigenvalue weighted by molar-refractivity contribution is 0.178. The van der Waals surface area contributed by atoms with Crippen LogP contribution in [-0.2, 0) is 11.3 Å². The summed E-state index contributed by atoms with van der Waals surface area (Å²) in [5.41, 5.74) is 1.14. The van der Waals surface area contributed by atoms with Gasteiger partial charge < -0.3 is 14.8 Å². The Morgan fingerprint density at radius 3 is 3.11 bits per heavy atom. The number of hydrogen-bond acceptors (Lipinski definition) is 3. The topological polar surface area (TPSA) is 30.5 Å². The van der Waals surface area contributed by atoms with Crippen LogP contribution in [-0.4, -0.2) is 25.9 Å². The Hall–Kier alpha value is -1.50. The summed E-state index contributed by atoms with van der Waals surface area (Å²) in [4.78, 5) is 0. The Kier molecular flexibility index (Phi) is 5.26. The van der Waals surface area contributed by atoms with E-state index in [1.807, 2.05) is 18.2 Å². The third-order valence-corrected chi connectivity index (χ3v) is 3.57. The summed E-state index contributed by atoms with van der Waals surface area (Å²) in [6, 6.07) is 8.45. The van der Waals surface area contributed by atoms with E-state index in [2.05, 4.69) is 24.2 Å². The van der Waals surface area contributed by atoms with Crippen LogP contribution in [0.1, 0.15) is 18.9 Å². The normalized spacial score (nSPS) is 19.9. The van der Waals surface area contributed by atoms with Gasteiger partial charge in [-0.15, -0.1) is 6.42 Å². The van der Waals surface area contributed by atoms with Gasteiger partial charge in [-0.1, -0.05) is 24.1 Å². The van der Waals surface area contributed by atoms with Crippen LogP contribution in [0.5, 0.6) is 5.75 Å². The van der Waals surface area contributed by atoms with Crippen molar-refractivity contribution in [2.75, 3.05) is 19.8 Å². The fourth-order valence-electron chi connectivity index (χ4n) is 2.29. The predicted octanol–water partition coefficient (Wildman–Crippen LogP) is 2.21. The lowest BCUT2D eigenvalue weighted by Crippen LogP contribution is -2.33. The minimum atomic E-state index is 0.309. The van der Waals surface area contributed by atoms with E-state index in [9.17, 15) is 0 Å². The molecule has 2 atom stereocenters. The van der Waals surface area contributed by atoms with Gasteiger partial charge in [-0.05, 0) is 25.3 Å². The molecule has 1 aromatic carbocycles. The van der Waals surface area contributed by atoms with Gasteiger partial charge in [0.05, 0.1) is 6.61 Å². The molecule has 0 aliphatic carbocycles. The number of terminal acetylenes is 1. The number of para-hydroxylation sites is 1. The standard InChI is InChI=1S/C16H21NO2/c1-3-9-19-16-7-5-4-6-14(16)11-17-13(2)15-8-10-18-12-15/h1,4-7,13,15,17H,8-12H2,2H3. The SMILES string of the molecule is C#CCOc1ccccc1CNC(C)C1CCOC1. The maximum atomic E-state index is 5.54. The van der Waals surface area contributed by atoms with Gasteiger partial charge in [0.25, 0.3) is 0 Å². The van der Waals surface area contributed by atoms with Crippen molar-refractivity contribution in [2.24, 2.45) is 5.92 Å². The molecule has 0 spiro atoms. The van der Waals surface area contributed by atoms with Crippen LogP contribution < -0.4 is 10.1 Å². The van der Waals surface area contributed by atoms with Crippen LogP contribution in [0.25, 0.3) is 0 Å². The highest BCUT2D eigenvalue weighted by Gasteiger charge is 2.21. The zero-order valence-corrected chi connectivity index (χ0v) is 11.4. The Bertz CT molecular complexity index is 433. The average Bonchev–Trinajstić information content (AvgIpc) is 2.97. The van der Waals surface area contributed by atoms with E-state index in [-0.39, 0.29) is 0 Å². The van der Waals surface area contributed by atoms with E-state index >= 15 is 0 Å². The Morgan fingerprint density at radius 1 is 1.53 bits per heavy atom. The fourth-order valence-corrected chi connectivity index (χ4v) is 2.29. The van der Waals surface area contributed by atoms with Crippen LogP contribution >= 0.6 is 0 Å². The molecular weight excluding hydrogens is 238 g/mol. The predicted molar refractivity (Wildman–Crippen MR) is 76.0 cm³/mol. The minimum absolute atomic E-state index is 0.309. The fraction of sp³-hybridized carbons (Fsp3) is 0.500. The molecule has 3 nitrogen and oxygen atoms in total. The number of rotatable bonds is 6. The highest BCUT2D eigenvalue weighted by Crippen LogP contribution is 2.20. The molecule has 1 heterocycles. The van der Waals surface area contributed by atoms with E-state index in [0.29, 0.717) is 18.6 Å². The molecule has 2 rings (SSSR count). The number of ether oxygens (including phenoxy) is 2. The summed E-state index contributed by atoms with van der Waals surface area (Å²) in [7, 11) is 0. The maximum absolute atomic E-state index is 5.54. The van der Waals surface area contributed by atoms with Crippen LogP contribution in [0.15, 0.2) is 24.3 Å². The average molecular weight is 259 g/mol. The molecule has 2 unspecified atom stereocenters. The zero-order valence-electron chi connectivity index (χ0n) is 11.4. The van der Waals surface area contributed by atoms with Crippen molar-refractivity contribution >= 4 is 0 Å². The summed E-state index contributed by atoms with van der Waals surface area (Å²) in [6.07, 6.45) is 6.37. The molecule has 1 N–H and O–H groups in total. The van der Waals surface area contributed by atoms with Crippen LogP contribution in [0.2, 0.25) is 0 Å². The van der Waals surface area contributed by atoms with Gasteiger partial charge >= 0.3 is 0 Å². The molecule has 1 saturated heterocycles. The van der Waals surface area contributed by atoms with Gasteiger partial charge in [0, 0.05) is 24.8 Å². The molecule has 0 bridgehead atoms. The number of nitrogens with one attached hydrogen (secondary N) is 1. The molecular formula is C16H21NO2. The van der Waals surface area contributed by atoms with Crippen LogP contribution in [0.3, 0.4) is 0 Å². The Balaban J connectivity index is 1.89. The van der Waals surface area contributed by atoms with Gasteiger partial charge in [0.2, 0.25) is 0 Å². The van der Waals surface area contributed by atoms with Gasteiger partial charge in [-0.3, -0.25) is 0 Å². The lowest BCUT2D eigenvalue weighted by atomic mass is 10.0. The van der Waals surface area contributed by atoms with E-state index in [0.717, 1.165) is 37.5 Å². The molecule has 1 aliphatic rings. The van der Waals surface area contributed by atoms with Gasteiger partial charge in [0.15, 0.2) is 0 Å². The summed E-state index contributed by atoms with van der Waals surface area (Å²) in [5, 5.41) is 3.55. The Morgan fingerprint density at radius 2 is 2.37 bits per heavy atom. The molecule has 0 radical (unpaired) electrons. The van der Waals surface area contributed by atoms with Gasteiger partial charge in [-0.25, -0.2) is 0 Å². The first kappa shape index (κ1) is 13.9. The van der Waals surface area contributed by atoms with E-state index in [1.54, 1.807) is 0 Å². The molecule has 0 saturated carbocycles. The zero-order chi connectivity index (χ0) is 13.5. The minimum Gasteiger partial charge on any atom is -0.481 e. The number of hydrogen-bond donors (Lipinski definition) is 1. The first-order valence-corrected chi connectivity index (χ1v) is 6.76. The molecule has 1 aliphatic heterocycles. The van der Waals surface area contributed by atoms with Gasteiger partial charge in [0.1, 0.15) is 12.4 Å². The van der Waals surface area contributed by atoms with Crippen molar-refractivity contribution in [1.29, 1.82) is 0 Å². The van der Waals surface area contributed by atoms with Crippen molar-refractivity contribution in [3.05, 3.63) is 29.8 Å². The second kappa shape index (κ2) is 7.18. The third-order valence-electron chi connectivity index (χ3n) is 3.57. The third kappa shape index (κ3) is 3.99. The molecule has 3 heteroatoms. The second-order valence-corrected chi connectivity index (χ2v) is 4.89. The van der Waals surface area contributed by atoms with Crippen LogP contribution in [0.4, 0.5) is 0 Å². The largest absolute Gasteiger partial charge is 0.481 e. The summed E-state index contributed by atoms with van der Waals surface area (Å²) < 4.78 is 11.0. The molecule has 19 heavy (non-hydrogen) atoms. The summed E-state index contributed by atoms with van der Waals surface area (Å²) >= 11 is 0. The molecule has 1 fully saturated rings. The van der Waals surface area contributed by atoms with Crippen molar-refractivity contribution in [3.8, 4) is 18.1 Å². The maximum Gasteiger partial charge on any atom is 0.148 e.